The Balaban J connectivity index is 1.96. The molecule has 102 valence electrons. The van der Waals surface area contributed by atoms with E-state index in [0.29, 0.717) is 0 Å². The lowest BCUT2D eigenvalue weighted by atomic mass is 10.1. The monoisotopic (exact) mass is 260 g/mol. The van der Waals surface area contributed by atoms with Crippen molar-refractivity contribution >= 4 is 11.6 Å². The van der Waals surface area contributed by atoms with Crippen LogP contribution in [0, 0.1) is 5.92 Å². The summed E-state index contributed by atoms with van der Waals surface area (Å²) in [5.74, 6) is 1.05. The van der Waals surface area contributed by atoms with Crippen LogP contribution in [0.3, 0.4) is 0 Å². The van der Waals surface area contributed by atoms with Crippen LogP contribution in [0.4, 0.5) is 0 Å². The number of hydrogen-bond acceptors (Lipinski definition) is 3. The van der Waals surface area contributed by atoms with Crippen LogP contribution < -0.4 is 10.2 Å². The van der Waals surface area contributed by atoms with Crippen molar-refractivity contribution in [3.05, 3.63) is 29.8 Å². The topological polar surface area (TPSA) is 50.7 Å². The molecule has 0 radical (unpaired) electrons. The van der Waals surface area contributed by atoms with Crippen LogP contribution in [0.2, 0.25) is 0 Å². The molecule has 1 aliphatic carbocycles. The van der Waals surface area contributed by atoms with Gasteiger partial charge in [-0.1, -0.05) is 0 Å². The van der Waals surface area contributed by atoms with Gasteiger partial charge in [-0.05, 0) is 63.4 Å². The molecule has 4 nitrogen and oxygen atoms in total. The second-order valence-electron chi connectivity index (χ2n) is 5.14. The number of ether oxygens (including phenoxy) is 1. The highest BCUT2D eigenvalue weighted by molar-refractivity contribution is 5.99. The molecule has 2 rings (SSSR count). The fourth-order valence-corrected chi connectivity index (χ4v) is 1.69. The van der Waals surface area contributed by atoms with Crippen molar-refractivity contribution in [2.75, 3.05) is 0 Å². The van der Waals surface area contributed by atoms with E-state index in [2.05, 4.69) is 10.5 Å². The second-order valence-corrected chi connectivity index (χ2v) is 5.14. The van der Waals surface area contributed by atoms with Gasteiger partial charge in [0.15, 0.2) is 0 Å². The van der Waals surface area contributed by atoms with Gasteiger partial charge in [-0.25, -0.2) is 5.43 Å². The first-order chi connectivity index (χ1) is 9.06. The van der Waals surface area contributed by atoms with Crippen LogP contribution in [0.1, 0.15) is 39.2 Å². The molecular weight excluding hydrogens is 240 g/mol. The van der Waals surface area contributed by atoms with E-state index < -0.39 is 0 Å². The van der Waals surface area contributed by atoms with E-state index >= 15 is 0 Å². The van der Waals surface area contributed by atoms with E-state index in [-0.39, 0.29) is 17.9 Å². The zero-order valence-corrected chi connectivity index (χ0v) is 11.6. The Hall–Kier alpha value is -1.84. The number of carbonyl (C=O) groups excluding carboxylic acids is 1. The molecule has 0 saturated heterocycles. The number of rotatable bonds is 5. The molecule has 0 aromatic heterocycles. The zero-order valence-electron chi connectivity index (χ0n) is 11.6. The molecule has 0 aliphatic heterocycles. The van der Waals surface area contributed by atoms with Crippen molar-refractivity contribution in [3.63, 3.8) is 0 Å². The maximum Gasteiger partial charge on any atom is 0.243 e. The van der Waals surface area contributed by atoms with Crippen LogP contribution >= 0.6 is 0 Å². The molecule has 0 heterocycles. The minimum atomic E-state index is 0.0270. The fraction of sp³-hybridized carbons (Fsp3) is 0.467. The Labute approximate surface area is 113 Å². The molecule has 1 amide bonds. The molecule has 1 aromatic rings. The Morgan fingerprint density at radius 1 is 1.32 bits per heavy atom. The van der Waals surface area contributed by atoms with Gasteiger partial charge in [-0.3, -0.25) is 4.79 Å². The van der Waals surface area contributed by atoms with Gasteiger partial charge in [0, 0.05) is 5.92 Å². The summed E-state index contributed by atoms with van der Waals surface area (Å²) in [6, 6.07) is 7.72. The number of amides is 1. The maximum atomic E-state index is 11.5. The van der Waals surface area contributed by atoms with Gasteiger partial charge in [-0.15, -0.1) is 0 Å². The minimum absolute atomic E-state index is 0.0270. The first-order valence-corrected chi connectivity index (χ1v) is 6.67. The molecule has 1 saturated carbocycles. The third kappa shape index (κ3) is 4.09. The highest BCUT2D eigenvalue weighted by Crippen LogP contribution is 2.28. The van der Waals surface area contributed by atoms with Gasteiger partial charge in [0.05, 0.1) is 11.8 Å². The summed E-state index contributed by atoms with van der Waals surface area (Å²) in [7, 11) is 0. The molecule has 19 heavy (non-hydrogen) atoms. The number of hydrogen-bond donors (Lipinski definition) is 1. The maximum absolute atomic E-state index is 11.5. The number of nitrogens with one attached hydrogen (secondary N) is 1. The third-order valence-corrected chi connectivity index (χ3v) is 2.93. The van der Waals surface area contributed by atoms with E-state index in [1.54, 1.807) is 0 Å². The SMILES string of the molecule is CC(=NNC(=O)C1CC1)c1ccc(OC(C)C)cc1. The molecule has 0 bridgehead atoms. The molecule has 0 unspecified atom stereocenters. The molecular formula is C15H20N2O2. The van der Waals surface area contributed by atoms with E-state index in [0.717, 1.165) is 29.9 Å². The molecule has 1 fully saturated rings. The standard InChI is InChI=1S/C15H20N2O2/c1-10(2)19-14-8-6-12(7-9-14)11(3)16-17-15(18)13-4-5-13/h6-10,13H,4-5H2,1-3H3,(H,17,18). The molecule has 0 spiro atoms. The minimum Gasteiger partial charge on any atom is -0.491 e. The van der Waals surface area contributed by atoms with Crippen molar-refractivity contribution in [1.82, 2.24) is 5.43 Å². The predicted octanol–water partition coefficient (Wildman–Crippen LogP) is 2.72. The lowest BCUT2D eigenvalue weighted by molar-refractivity contribution is -0.122. The number of nitrogens with zero attached hydrogens (tertiary/aromatic N) is 1. The molecule has 0 atom stereocenters. The predicted molar refractivity (Wildman–Crippen MR) is 75.3 cm³/mol. The smallest absolute Gasteiger partial charge is 0.243 e. The lowest BCUT2D eigenvalue weighted by Gasteiger charge is -2.10. The Morgan fingerprint density at radius 3 is 2.47 bits per heavy atom. The van der Waals surface area contributed by atoms with Crippen LogP contribution in [0.5, 0.6) is 5.75 Å². The van der Waals surface area contributed by atoms with Crippen molar-refractivity contribution in [2.24, 2.45) is 11.0 Å². The average Bonchev–Trinajstić information content (AvgIpc) is 3.20. The van der Waals surface area contributed by atoms with E-state index in [1.807, 2.05) is 45.0 Å². The average molecular weight is 260 g/mol. The quantitative estimate of drug-likeness (QED) is 0.653. The summed E-state index contributed by atoms with van der Waals surface area (Å²) in [6.07, 6.45) is 2.14. The summed E-state index contributed by atoms with van der Waals surface area (Å²) in [4.78, 5) is 11.5. The van der Waals surface area contributed by atoms with Crippen LogP contribution in [0.25, 0.3) is 0 Å². The summed E-state index contributed by atoms with van der Waals surface area (Å²) in [5, 5.41) is 4.12. The van der Waals surface area contributed by atoms with Crippen LogP contribution in [0.15, 0.2) is 29.4 Å². The highest BCUT2D eigenvalue weighted by Gasteiger charge is 2.29. The molecule has 1 N–H and O–H groups in total. The lowest BCUT2D eigenvalue weighted by Crippen LogP contribution is -2.20. The first kappa shape index (κ1) is 13.6. The largest absolute Gasteiger partial charge is 0.491 e. The van der Waals surface area contributed by atoms with Crippen molar-refractivity contribution in [2.45, 2.75) is 39.7 Å². The van der Waals surface area contributed by atoms with E-state index in [4.69, 9.17) is 4.74 Å². The van der Waals surface area contributed by atoms with Gasteiger partial charge < -0.3 is 4.74 Å². The number of benzene rings is 1. The van der Waals surface area contributed by atoms with Gasteiger partial charge >= 0.3 is 0 Å². The summed E-state index contributed by atoms with van der Waals surface area (Å²) < 4.78 is 5.58. The van der Waals surface area contributed by atoms with Gasteiger partial charge in [-0.2, -0.15) is 5.10 Å². The second kappa shape index (κ2) is 5.87. The van der Waals surface area contributed by atoms with E-state index in [1.165, 1.54) is 0 Å². The zero-order chi connectivity index (χ0) is 13.8. The third-order valence-electron chi connectivity index (χ3n) is 2.93. The Bertz CT molecular complexity index is 473. The molecule has 1 aliphatic rings. The number of hydrazone groups is 1. The normalized spacial score (nSPS) is 15.5. The summed E-state index contributed by atoms with van der Waals surface area (Å²) in [5.41, 5.74) is 4.38. The van der Waals surface area contributed by atoms with Crippen LogP contribution in [-0.2, 0) is 4.79 Å². The number of carbonyl (C=O) groups is 1. The summed E-state index contributed by atoms with van der Waals surface area (Å²) in [6.45, 7) is 5.87. The molecule has 1 aromatic carbocycles. The van der Waals surface area contributed by atoms with Crippen LogP contribution in [-0.4, -0.2) is 17.7 Å². The summed E-state index contributed by atoms with van der Waals surface area (Å²) >= 11 is 0. The first-order valence-electron chi connectivity index (χ1n) is 6.67. The highest BCUT2D eigenvalue weighted by atomic mass is 16.5. The van der Waals surface area contributed by atoms with Crippen molar-refractivity contribution < 1.29 is 9.53 Å². The fourth-order valence-electron chi connectivity index (χ4n) is 1.69. The van der Waals surface area contributed by atoms with Gasteiger partial charge in [0.1, 0.15) is 5.75 Å². The van der Waals surface area contributed by atoms with Gasteiger partial charge in [0.2, 0.25) is 5.91 Å². The molecule has 4 heteroatoms. The van der Waals surface area contributed by atoms with E-state index in [9.17, 15) is 4.79 Å². The van der Waals surface area contributed by atoms with Crippen molar-refractivity contribution in [1.29, 1.82) is 0 Å². The van der Waals surface area contributed by atoms with Crippen molar-refractivity contribution in [3.8, 4) is 5.75 Å². The van der Waals surface area contributed by atoms with Gasteiger partial charge in [0.25, 0.3) is 0 Å². The Morgan fingerprint density at radius 2 is 1.95 bits per heavy atom. The Kier molecular flexibility index (Phi) is 4.20.